The number of aliphatic hydroxyl groups is 1. The second-order valence-corrected chi connectivity index (χ2v) is 8.01. The van der Waals surface area contributed by atoms with Gasteiger partial charge in [0.25, 0.3) is 0 Å². The van der Waals surface area contributed by atoms with Crippen LogP contribution in [0.2, 0.25) is 0 Å². The lowest BCUT2D eigenvalue weighted by Gasteiger charge is -2.23. The number of carbonyl (C=O) groups is 2. The first-order valence-corrected chi connectivity index (χ1v) is 11.0. The Labute approximate surface area is 205 Å². The monoisotopic (exact) mass is 502 g/mol. The molecule has 3 aromatic rings. The van der Waals surface area contributed by atoms with Crippen LogP contribution in [0.15, 0.2) is 72.8 Å². The highest BCUT2D eigenvalue weighted by atomic mass is 19.4. The van der Waals surface area contributed by atoms with Gasteiger partial charge in [0.15, 0.2) is 0 Å². The lowest BCUT2D eigenvalue weighted by atomic mass is 10.0. The molecule has 0 aromatic heterocycles. The summed E-state index contributed by atoms with van der Waals surface area (Å²) in [7, 11) is 0. The predicted octanol–water partition coefficient (Wildman–Crippen LogP) is 5.89. The first-order chi connectivity index (χ1) is 17.1. The van der Waals surface area contributed by atoms with Crippen LogP contribution in [-0.2, 0) is 12.6 Å². The fourth-order valence-electron chi connectivity index (χ4n) is 3.38. The van der Waals surface area contributed by atoms with Gasteiger partial charge in [0.05, 0.1) is 24.8 Å². The zero-order valence-corrected chi connectivity index (χ0v) is 19.3. The summed E-state index contributed by atoms with van der Waals surface area (Å²) >= 11 is 0. The number of hydrogen-bond donors (Lipinski definition) is 3. The van der Waals surface area contributed by atoms with Crippen LogP contribution in [0.25, 0.3) is 11.1 Å². The maximum Gasteiger partial charge on any atom is 0.416 e. The molecule has 3 N–H and O–H groups in total. The number of anilines is 1. The van der Waals surface area contributed by atoms with Crippen LogP contribution < -0.4 is 10.1 Å². The Morgan fingerprint density at radius 1 is 0.944 bits per heavy atom. The molecule has 0 saturated heterocycles. The van der Waals surface area contributed by atoms with E-state index < -0.39 is 36.5 Å². The normalized spacial score (nSPS) is 12.0. The van der Waals surface area contributed by atoms with E-state index >= 15 is 0 Å². The summed E-state index contributed by atoms with van der Waals surface area (Å²) < 4.78 is 43.9. The van der Waals surface area contributed by atoms with Crippen LogP contribution >= 0.6 is 0 Å². The molecular weight excluding hydrogens is 477 g/mol. The molecule has 3 aromatic carbocycles. The summed E-state index contributed by atoms with van der Waals surface area (Å²) in [5, 5.41) is 20.8. The maximum absolute atomic E-state index is 12.7. The van der Waals surface area contributed by atoms with E-state index in [2.05, 4.69) is 5.32 Å². The molecule has 7 nitrogen and oxygen atoms in total. The lowest BCUT2D eigenvalue weighted by Crippen LogP contribution is -2.46. The van der Waals surface area contributed by atoms with Gasteiger partial charge in [0, 0.05) is 12.1 Å². The van der Waals surface area contributed by atoms with Crippen molar-refractivity contribution >= 4 is 17.8 Å². The highest BCUT2D eigenvalue weighted by Gasteiger charge is 2.30. The number of carboxylic acid groups (broad SMARTS) is 1. The Morgan fingerprint density at radius 3 is 2.00 bits per heavy atom. The Hall–Kier alpha value is -4.05. The summed E-state index contributed by atoms with van der Waals surface area (Å²) in [5.41, 5.74) is 2.16. The highest BCUT2D eigenvalue weighted by molar-refractivity contribution is 5.98. The number of aliphatic hydroxyl groups excluding tert-OH is 1. The average Bonchev–Trinajstić information content (AvgIpc) is 2.85. The summed E-state index contributed by atoms with van der Waals surface area (Å²) in [5.74, 6) is 0.549. The fourth-order valence-corrected chi connectivity index (χ4v) is 3.38. The smallest absolute Gasteiger partial charge is 0.416 e. The van der Waals surface area contributed by atoms with Crippen LogP contribution in [0, 0.1) is 0 Å². The van der Waals surface area contributed by atoms with Gasteiger partial charge in [-0.25, -0.2) is 14.5 Å². The predicted molar refractivity (Wildman–Crippen MR) is 128 cm³/mol. The van der Waals surface area contributed by atoms with Crippen molar-refractivity contribution in [3.63, 3.8) is 0 Å². The molecule has 36 heavy (non-hydrogen) atoms. The number of ether oxygens (including phenoxy) is 1. The number of carbonyl (C=O) groups excluding carboxylic acids is 1. The molecule has 0 aliphatic heterocycles. The first kappa shape index (κ1) is 26.6. The van der Waals surface area contributed by atoms with E-state index in [1.54, 1.807) is 24.3 Å². The zero-order chi connectivity index (χ0) is 26.3. The second-order valence-electron chi connectivity index (χ2n) is 8.01. The van der Waals surface area contributed by atoms with E-state index in [1.807, 2.05) is 24.3 Å². The minimum Gasteiger partial charge on any atom is -0.493 e. The van der Waals surface area contributed by atoms with Crippen molar-refractivity contribution in [1.82, 2.24) is 4.90 Å². The molecule has 10 heteroatoms. The molecule has 0 aliphatic rings. The summed E-state index contributed by atoms with van der Waals surface area (Å²) in [6, 6.07) is 17.1. The molecular formula is C26H25F3N2O5. The topological polar surface area (TPSA) is 99.1 Å². The third-order valence-corrected chi connectivity index (χ3v) is 5.39. The number of hydrogen-bond acceptors (Lipinski definition) is 4. The number of alkyl halides is 3. The Bertz CT molecular complexity index is 1160. The molecule has 0 radical (unpaired) electrons. The number of halogens is 3. The molecule has 0 fully saturated rings. The Balaban J connectivity index is 1.50. The van der Waals surface area contributed by atoms with Gasteiger partial charge in [0.1, 0.15) is 5.75 Å². The van der Waals surface area contributed by atoms with E-state index in [1.165, 1.54) is 19.1 Å². The van der Waals surface area contributed by atoms with Crippen molar-refractivity contribution in [3.8, 4) is 16.9 Å². The van der Waals surface area contributed by atoms with Crippen molar-refractivity contribution in [2.24, 2.45) is 0 Å². The van der Waals surface area contributed by atoms with Crippen LogP contribution in [0.4, 0.5) is 28.4 Å². The van der Waals surface area contributed by atoms with Gasteiger partial charge in [-0.2, -0.15) is 13.2 Å². The standard InChI is InChI=1S/C26H25F3N2O5/c1-17(16-32)31(25(34)35)24(33)30-22-10-12-23(13-11-22)36-15-14-18-2-4-19(5-3-18)20-6-8-21(9-7-20)26(27,28)29/h2-13,17,32H,14-16H2,1H3,(H,30,33)(H,34,35). The van der Waals surface area contributed by atoms with Gasteiger partial charge in [-0.3, -0.25) is 0 Å². The summed E-state index contributed by atoms with van der Waals surface area (Å²) in [6.07, 6.45) is -5.24. The van der Waals surface area contributed by atoms with Gasteiger partial charge in [-0.1, -0.05) is 36.4 Å². The van der Waals surface area contributed by atoms with Crippen molar-refractivity contribution in [2.45, 2.75) is 25.6 Å². The van der Waals surface area contributed by atoms with E-state index in [9.17, 15) is 22.8 Å². The molecule has 0 aliphatic carbocycles. The number of benzene rings is 3. The zero-order valence-electron chi connectivity index (χ0n) is 19.3. The van der Waals surface area contributed by atoms with Crippen LogP contribution in [-0.4, -0.2) is 46.5 Å². The first-order valence-electron chi connectivity index (χ1n) is 11.0. The largest absolute Gasteiger partial charge is 0.493 e. The minimum atomic E-state index is -4.36. The number of amides is 3. The lowest BCUT2D eigenvalue weighted by molar-refractivity contribution is -0.137. The second kappa shape index (κ2) is 11.6. The van der Waals surface area contributed by atoms with Gasteiger partial charge >= 0.3 is 18.3 Å². The molecule has 190 valence electrons. The van der Waals surface area contributed by atoms with E-state index in [4.69, 9.17) is 14.9 Å². The molecule has 0 spiro atoms. The van der Waals surface area contributed by atoms with Gasteiger partial charge in [0.2, 0.25) is 0 Å². The van der Waals surface area contributed by atoms with Crippen molar-refractivity contribution in [2.75, 3.05) is 18.5 Å². The molecule has 3 rings (SSSR count). The molecule has 3 amide bonds. The molecule has 1 unspecified atom stereocenters. The third-order valence-electron chi connectivity index (χ3n) is 5.39. The molecule has 1 atom stereocenters. The van der Waals surface area contributed by atoms with E-state index in [-0.39, 0.29) is 0 Å². The number of urea groups is 1. The van der Waals surface area contributed by atoms with Gasteiger partial charge in [-0.05, 0) is 60.0 Å². The molecule has 0 saturated carbocycles. The number of nitrogens with one attached hydrogen (secondary N) is 1. The van der Waals surface area contributed by atoms with Crippen molar-refractivity contribution in [3.05, 3.63) is 83.9 Å². The SMILES string of the molecule is CC(CO)N(C(=O)O)C(=O)Nc1ccc(OCCc2ccc(-c3ccc(C(F)(F)F)cc3)cc2)cc1. The maximum atomic E-state index is 12.7. The van der Waals surface area contributed by atoms with Crippen LogP contribution in [0.5, 0.6) is 5.75 Å². The molecule has 0 bridgehead atoms. The van der Waals surface area contributed by atoms with Crippen molar-refractivity contribution in [1.29, 1.82) is 0 Å². The van der Waals surface area contributed by atoms with Crippen LogP contribution in [0.1, 0.15) is 18.1 Å². The van der Waals surface area contributed by atoms with Gasteiger partial charge < -0.3 is 20.3 Å². The van der Waals surface area contributed by atoms with Gasteiger partial charge in [-0.15, -0.1) is 0 Å². The minimum absolute atomic E-state index is 0.364. The quantitative estimate of drug-likeness (QED) is 0.357. The van der Waals surface area contributed by atoms with Crippen molar-refractivity contribution < 1.29 is 37.7 Å². The Morgan fingerprint density at radius 2 is 1.50 bits per heavy atom. The fraction of sp³-hybridized carbons (Fsp3) is 0.231. The molecule has 0 heterocycles. The number of nitrogens with zero attached hydrogens (tertiary/aromatic N) is 1. The third kappa shape index (κ3) is 6.98. The van der Waals surface area contributed by atoms with Crippen LogP contribution in [0.3, 0.4) is 0 Å². The Kier molecular flexibility index (Phi) is 8.55. The summed E-state index contributed by atoms with van der Waals surface area (Å²) in [6.45, 7) is 1.28. The average molecular weight is 502 g/mol. The van der Waals surface area contributed by atoms with E-state index in [0.717, 1.165) is 23.3 Å². The van der Waals surface area contributed by atoms with E-state index in [0.29, 0.717) is 34.9 Å². The number of imide groups is 1. The summed E-state index contributed by atoms with van der Waals surface area (Å²) in [4.78, 5) is 23.9. The number of rotatable bonds is 8. The highest BCUT2D eigenvalue weighted by Crippen LogP contribution is 2.31.